The van der Waals surface area contributed by atoms with Gasteiger partial charge in [-0.15, -0.1) is 0 Å². The van der Waals surface area contributed by atoms with Crippen LogP contribution in [0.3, 0.4) is 0 Å². The van der Waals surface area contributed by atoms with Crippen LogP contribution in [0.2, 0.25) is 0 Å². The van der Waals surface area contributed by atoms with E-state index in [2.05, 4.69) is 5.32 Å². The monoisotopic (exact) mass is 260 g/mol. The first kappa shape index (κ1) is 14.5. The van der Waals surface area contributed by atoms with Gasteiger partial charge in [0.1, 0.15) is 5.82 Å². The number of nitrogens with two attached hydrogens (primary N) is 1. The molecule has 3 N–H and O–H groups in total. The molecule has 0 aromatic heterocycles. The molecular formula is C12H15F3N2O. The summed E-state index contributed by atoms with van der Waals surface area (Å²) in [6.45, 7) is 3.60. The third-order valence-corrected chi connectivity index (χ3v) is 2.81. The quantitative estimate of drug-likeness (QED) is 0.817. The topological polar surface area (TPSA) is 55.1 Å². The highest BCUT2D eigenvalue weighted by Gasteiger charge is 2.21. The fourth-order valence-electron chi connectivity index (χ4n) is 1.38. The van der Waals surface area contributed by atoms with Crippen LogP contribution >= 0.6 is 0 Å². The van der Waals surface area contributed by atoms with Gasteiger partial charge in [-0.05, 0) is 5.92 Å². The normalized spacial score (nSPS) is 14.1. The molecule has 1 unspecified atom stereocenters. The number of anilines is 1. The summed E-state index contributed by atoms with van der Waals surface area (Å²) in [7, 11) is 0. The molecule has 0 saturated carbocycles. The zero-order chi connectivity index (χ0) is 13.9. The zero-order valence-corrected chi connectivity index (χ0v) is 10.1. The maximum atomic E-state index is 13.3. The van der Waals surface area contributed by atoms with Gasteiger partial charge in [0, 0.05) is 12.1 Å². The number of rotatable bonds is 4. The predicted octanol–water partition coefficient (Wildman–Crippen LogP) is 2.42. The molecule has 0 spiro atoms. The summed E-state index contributed by atoms with van der Waals surface area (Å²) >= 11 is 0. The van der Waals surface area contributed by atoms with Gasteiger partial charge in [0.05, 0.1) is 11.7 Å². The van der Waals surface area contributed by atoms with Gasteiger partial charge in [-0.1, -0.05) is 20.3 Å². The van der Waals surface area contributed by atoms with E-state index in [1.165, 1.54) is 0 Å². The minimum Gasteiger partial charge on any atom is -0.322 e. The molecule has 1 rings (SSSR count). The van der Waals surface area contributed by atoms with Crippen LogP contribution in [0.4, 0.5) is 18.9 Å². The summed E-state index contributed by atoms with van der Waals surface area (Å²) in [6.07, 6.45) is 0.661. The van der Waals surface area contributed by atoms with Crippen molar-refractivity contribution >= 4 is 11.6 Å². The Hall–Kier alpha value is -1.56. The number of amides is 1. The van der Waals surface area contributed by atoms with E-state index in [-0.39, 0.29) is 5.92 Å². The lowest BCUT2D eigenvalue weighted by molar-refractivity contribution is -0.118. The van der Waals surface area contributed by atoms with Gasteiger partial charge in [-0.2, -0.15) is 0 Å². The van der Waals surface area contributed by atoms with E-state index in [9.17, 15) is 18.0 Å². The largest absolute Gasteiger partial charge is 0.322 e. The van der Waals surface area contributed by atoms with Gasteiger partial charge in [-0.3, -0.25) is 4.79 Å². The molecule has 3 nitrogen and oxygen atoms in total. The summed E-state index contributed by atoms with van der Waals surface area (Å²) in [4.78, 5) is 11.6. The van der Waals surface area contributed by atoms with E-state index in [0.717, 1.165) is 0 Å². The Bertz CT molecular complexity index is 451. The molecule has 1 aromatic rings. The Labute approximate surface area is 103 Å². The van der Waals surface area contributed by atoms with Crippen molar-refractivity contribution in [3.8, 4) is 0 Å². The summed E-state index contributed by atoms with van der Waals surface area (Å²) in [5.74, 6) is -4.43. The average Bonchev–Trinajstić information content (AvgIpc) is 2.33. The summed E-state index contributed by atoms with van der Waals surface area (Å²) < 4.78 is 39.1. The van der Waals surface area contributed by atoms with Crippen molar-refractivity contribution in [3.05, 3.63) is 29.6 Å². The van der Waals surface area contributed by atoms with Crippen molar-refractivity contribution in [2.24, 2.45) is 11.7 Å². The number of benzene rings is 1. The molecule has 2 atom stereocenters. The van der Waals surface area contributed by atoms with E-state index >= 15 is 0 Å². The third kappa shape index (κ3) is 3.22. The zero-order valence-electron chi connectivity index (χ0n) is 10.1. The van der Waals surface area contributed by atoms with Gasteiger partial charge in [0.15, 0.2) is 11.6 Å². The number of halogens is 3. The fourth-order valence-corrected chi connectivity index (χ4v) is 1.38. The van der Waals surface area contributed by atoms with E-state index in [1.807, 2.05) is 6.92 Å². The second-order valence-corrected chi connectivity index (χ2v) is 4.15. The minimum atomic E-state index is -1.36. The molecule has 0 bridgehead atoms. The Morgan fingerprint density at radius 1 is 1.39 bits per heavy atom. The molecule has 0 radical (unpaired) electrons. The molecule has 0 aliphatic rings. The number of carbonyl (C=O) groups excluding carboxylic acids is 1. The van der Waals surface area contributed by atoms with E-state index < -0.39 is 35.1 Å². The van der Waals surface area contributed by atoms with Crippen molar-refractivity contribution in [2.75, 3.05) is 5.32 Å². The Morgan fingerprint density at radius 3 is 2.56 bits per heavy atom. The Balaban J connectivity index is 2.88. The van der Waals surface area contributed by atoms with Gasteiger partial charge in [0.25, 0.3) is 0 Å². The number of carbonyl (C=O) groups is 1. The number of nitrogens with one attached hydrogen (secondary N) is 1. The average molecular weight is 260 g/mol. The highest BCUT2D eigenvalue weighted by atomic mass is 19.2. The number of hydrogen-bond acceptors (Lipinski definition) is 2. The van der Waals surface area contributed by atoms with Crippen LogP contribution in [0.5, 0.6) is 0 Å². The molecule has 0 heterocycles. The first-order valence-electron chi connectivity index (χ1n) is 5.57. The molecule has 0 fully saturated rings. The maximum absolute atomic E-state index is 13.3. The molecule has 1 aromatic carbocycles. The fraction of sp³-hybridized carbons (Fsp3) is 0.417. The van der Waals surface area contributed by atoms with Gasteiger partial charge >= 0.3 is 0 Å². The van der Waals surface area contributed by atoms with Crippen molar-refractivity contribution in [2.45, 2.75) is 26.3 Å². The highest BCUT2D eigenvalue weighted by molar-refractivity contribution is 5.94. The van der Waals surface area contributed by atoms with Crippen molar-refractivity contribution in [1.82, 2.24) is 0 Å². The predicted molar refractivity (Wildman–Crippen MR) is 62.4 cm³/mol. The number of hydrogen-bond donors (Lipinski definition) is 2. The van der Waals surface area contributed by atoms with Crippen molar-refractivity contribution in [3.63, 3.8) is 0 Å². The standard InChI is InChI=1S/C12H15F3N2O/c1-3-6(2)11(16)12(18)17-9-5-7(13)4-8(14)10(9)15/h4-6,11H,3,16H2,1-2H3,(H,17,18)/t6?,11-/m0/s1. The molecule has 0 aliphatic carbocycles. The van der Waals surface area contributed by atoms with Crippen LogP contribution < -0.4 is 11.1 Å². The molecule has 100 valence electrons. The molecular weight excluding hydrogens is 245 g/mol. The minimum absolute atomic E-state index is 0.119. The SMILES string of the molecule is CCC(C)[C@H](N)C(=O)Nc1cc(F)cc(F)c1F. The summed E-state index contributed by atoms with van der Waals surface area (Å²) in [5.41, 5.74) is 5.08. The van der Waals surface area contributed by atoms with Gasteiger partial charge in [-0.25, -0.2) is 13.2 Å². The van der Waals surface area contributed by atoms with Gasteiger partial charge in [0.2, 0.25) is 5.91 Å². The van der Waals surface area contributed by atoms with Crippen molar-refractivity contribution in [1.29, 1.82) is 0 Å². The molecule has 0 saturated heterocycles. The second kappa shape index (κ2) is 5.86. The van der Waals surface area contributed by atoms with Crippen LogP contribution in [0.25, 0.3) is 0 Å². The maximum Gasteiger partial charge on any atom is 0.241 e. The lowest BCUT2D eigenvalue weighted by Crippen LogP contribution is -2.40. The first-order valence-corrected chi connectivity index (χ1v) is 5.57. The van der Waals surface area contributed by atoms with Crippen LogP contribution in [-0.2, 0) is 4.79 Å². The smallest absolute Gasteiger partial charge is 0.241 e. The summed E-state index contributed by atoms with van der Waals surface area (Å²) in [5, 5.41) is 2.09. The molecule has 1 amide bonds. The highest BCUT2D eigenvalue weighted by Crippen LogP contribution is 2.19. The second-order valence-electron chi connectivity index (χ2n) is 4.15. The molecule has 18 heavy (non-hydrogen) atoms. The van der Waals surface area contributed by atoms with Crippen molar-refractivity contribution < 1.29 is 18.0 Å². The lowest BCUT2D eigenvalue weighted by Gasteiger charge is -2.18. The third-order valence-electron chi connectivity index (χ3n) is 2.81. The first-order chi connectivity index (χ1) is 8.36. The van der Waals surface area contributed by atoms with Crippen LogP contribution in [0, 0.1) is 23.4 Å². The molecule has 0 aliphatic heterocycles. The van der Waals surface area contributed by atoms with Crippen LogP contribution in [-0.4, -0.2) is 11.9 Å². The molecule has 6 heteroatoms. The van der Waals surface area contributed by atoms with Gasteiger partial charge < -0.3 is 11.1 Å². The summed E-state index contributed by atoms with van der Waals surface area (Å²) in [6, 6.07) is 0.250. The van der Waals surface area contributed by atoms with E-state index in [0.29, 0.717) is 18.6 Å². The van der Waals surface area contributed by atoms with E-state index in [1.54, 1.807) is 6.92 Å². The van der Waals surface area contributed by atoms with Crippen LogP contribution in [0.15, 0.2) is 12.1 Å². The Kier molecular flexibility index (Phi) is 4.72. The van der Waals surface area contributed by atoms with E-state index in [4.69, 9.17) is 5.73 Å². The Morgan fingerprint density at radius 2 is 2.00 bits per heavy atom. The van der Waals surface area contributed by atoms with Crippen LogP contribution in [0.1, 0.15) is 20.3 Å². The lowest BCUT2D eigenvalue weighted by atomic mass is 9.99.